The van der Waals surface area contributed by atoms with Gasteiger partial charge in [0, 0.05) is 22.7 Å². The maximum absolute atomic E-state index is 13.0. The minimum absolute atomic E-state index is 0.0139. The van der Waals surface area contributed by atoms with Crippen molar-refractivity contribution in [2.45, 2.75) is 124 Å². The standard InChI is InChI=1S/C30H48O3/c1-24(2)14-15-29-18-33-30(21(29)16-24)13-9-20-26(5)11-10-22(31)25(3,4)19(26)8-12-27(20,6)28(30,7)17-23(29)32/h19-21,23,32H,8-18H2,1-7H3. The van der Waals surface area contributed by atoms with Crippen LogP contribution in [0.1, 0.15) is 113 Å². The minimum atomic E-state index is -0.246. The van der Waals surface area contributed by atoms with E-state index in [4.69, 9.17) is 4.74 Å². The van der Waals surface area contributed by atoms with Crippen molar-refractivity contribution in [1.29, 1.82) is 0 Å². The second-order valence-corrected chi connectivity index (χ2v) is 15.6. The molecule has 2 bridgehead atoms. The Hall–Kier alpha value is -0.410. The molecule has 33 heavy (non-hydrogen) atoms. The summed E-state index contributed by atoms with van der Waals surface area (Å²) in [6, 6.07) is 0. The maximum atomic E-state index is 13.0. The van der Waals surface area contributed by atoms with Crippen molar-refractivity contribution >= 4 is 5.78 Å². The number of rotatable bonds is 0. The first-order chi connectivity index (χ1) is 15.2. The molecule has 0 amide bonds. The summed E-state index contributed by atoms with van der Waals surface area (Å²) in [6.07, 6.45) is 10.7. The molecule has 0 aromatic heterocycles. The predicted molar refractivity (Wildman–Crippen MR) is 131 cm³/mol. The third kappa shape index (κ3) is 2.39. The summed E-state index contributed by atoms with van der Waals surface area (Å²) in [5.41, 5.74) is 0.368. The van der Waals surface area contributed by atoms with Crippen LogP contribution in [0.25, 0.3) is 0 Å². The molecular formula is C30H48O3. The molecule has 6 fully saturated rings. The summed E-state index contributed by atoms with van der Waals surface area (Å²) >= 11 is 0. The predicted octanol–water partition coefficient (Wildman–Crippen LogP) is 6.56. The molecule has 9 atom stereocenters. The molecule has 5 aliphatic carbocycles. The van der Waals surface area contributed by atoms with Gasteiger partial charge in [0.15, 0.2) is 0 Å². The highest BCUT2D eigenvalue weighted by atomic mass is 16.5. The lowest BCUT2D eigenvalue weighted by molar-refractivity contribution is -0.291. The van der Waals surface area contributed by atoms with Crippen molar-refractivity contribution in [2.75, 3.05) is 6.61 Å². The number of hydrogen-bond acceptors (Lipinski definition) is 3. The van der Waals surface area contributed by atoms with E-state index in [9.17, 15) is 9.90 Å². The molecule has 1 aliphatic heterocycles. The van der Waals surface area contributed by atoms with E-state index in [1.165, 1.54) is 25.7 Å². The number of hydrogen-bond donors (Lipinski definition) is 1. The monoisotopic (exact) mass is 456 g/mol. The summed E-state index contributed by atoms with van der Waals surface area (Å²) in [4.78, 5) is 13.0. The Balaban J connectivity index is 1.46. The molecule has 6 rings (SSSR count). The van der Waals surface area contributed by atoms with Crippen LogP contribution in [0.15, 0.2) is 0 Å². The summed E-state index contributed by atoms with van der Waals surface area (Å²) in [7, 11) is 0. The maximum Gasteiger partial charge on any atom is 0.138 e. The first-order valence-electron chi connectivity index (χ1n) is 14.0. The van der Waals surface area contributed by atoms with Gasteiger partial charge in [0.05, 0.1) is 18.3 Å². The fourth-order valence-electron chi connectivity index (χ4n) is 11.8. The molecule has 1 spiro atoms. The van der Waals surface area contributed by atoms with Crippen LogP contribution in [-0.4, -0.2) is 29.2 Å². The lowest BCUT2D eigenvalue weighted by atomic mass is 9.30. The Kier molecular flexibility index (Phi) is 4.38. The van der Waals surface area contributed by atoms with E-state index >= 15 is 0 Å². The Morgan fingerprint density at radius 3 is 2.24 bits per heavy atom. The van der Waals surface area contributed by atoms with Crippen LogP contribution in [0.2, 0.25) is 0 Å². The molecule has 3 heteroatoms. The molecule has 1 saturated heterocycles. The second-order valence-electron chi connectivity index (χ2n) is 15.6. The topological polar surface area (TPSA) is 46.5 Å². The van der Waals surface area contributed by atoms with Gasteiger partial charge in [-0.05, 0) is 91.8 Å². The van der Waals surface area contributed by atoms with Gasteiger partial charge in [-0.2, -0.15) is 0 Å². The van der Waals surface area contributed by atoms with E-state index in [1.54, 1.807) is 0 Å². The average molecular weight is 457 g/mol. The number of carbonyl (C=O) groups is 1. The van der Waals surface area contributed by atoms with Crippen molar-refractivity contribution in [3.8, 4) is 0 Å². The molecule has 6 aliphatic rings. The normalized spacial score (nSPS) is 58.6. The average Bonchev–Trinajstić information content (AvgIpc) is 2.99. The third-order valence-electron chi connectivity index (χ3n) is 13.9. The van der Waals surface area contributed by atoms with Gasteiger partial charge in [-0.1, -0.05) is 48.5 Å². The molecule has 186 valence electrons. The lowest BCUT2D eigenvalue weighted by Gasteiger charge is -2.74. The van der Waals surface area contributed by atoms with Gasteiger partial charge in [-0.3, -0.25) is 4.79 Å². The summed E-state index contributed by atoms with van der Waals surface area (Å²) in [6.45, 7) is 17.8. The molecule has 9 unspecified atom stereocenters. The fourth-order valence-corrected chi connectivity index (χ4v) is 11.8. The van der Waals surface area contributed by atoms with Crippen molar-refractivity contribution in [3.05, 3.63) is 0 Å². The molecule has 0 radical (unpaired) electrons. The van der Waals surface area contributed by atoms with Crippen LogP contribution in [0.4, 0.5) is 0 Å². The van der Waals surface area contributed by atoms with Gasteiger partial charge in [0.2, 0.25) is 0 Å². The molecule has 0 aromatic carbocycles. The number of fused-ring (bicyclic) bond motifs is 4. The smallest absolute Gasteiger partial charge is 0.138 e. The Morgan fingerprint density at radius 2 is 1.52 bits per heavy atom. The van der Waals surface area contributed by atoms with E-state index in [0.717, 1.165) is 45.1 Å². The molecule has 3 nitrogen and oxygen atoms in total. The zero-order valence-corrected chi connectivity index (χ0v) is 22.4. The quantitative estimate of drug-likeness (QED) is 0.449. The number of ether oxygens (including phenoxy) is 1. The van der Waals surface area contributed by atoms with Gasteiger partial charge in [0.25, 0.3) is 0 Å². The Morgan fingerprint density at radius 1 is 0.818 bits per heavy atom. The van der Waals surface area contributed by atoms with Crippen LogP contribution in [0, 0.1) is 50.2 Å². The van der Waals surface area contributed by atoms with Gasteiger partial charge in [-0.15, -0.1) is 0 Å². The number of aliphatic hydroxyl groups is 1. The highest BCUT2D eigenvalue weighted by Crippen LogP contribution is 2.80. The minimum Gasteiger partial charge on any atom is -0.392 e. The number of aliphatic hydroxyl groups excluding tert-OH is 1. The molecule has 5 saturated carbocycles. The zero-order chi connectivity index (χ0) is 23.9. The summed E-state index contributed by atoms with van der Waals surface area (Å²) in [5.74, 6) is 2.05. The van der Waals surface area contributed by atoms with Gasteiger partial charge < -0.3 is 9.84 Å². The van der Waals surface area contributed by atoms with Gasteiger partial charge >= 0.3 is 0 Å². The van der Waals surface area contributed by atoms with Crippen LogP contribution in [0.5, 0.6) is 0 Å². The van der Waals surface area contributed by atoms with Crippen molar-refractivity contribution in [1.82, 2.24) is 0 Å². The Labute approximate surface area is 201 Å². The third-order valence-corrected chi connectivity index (χ3v) is 13.9. The van der Waals surface area contributed by atoms with E-state index in [-0.39, 0.29) is 38.8 Å². The first kappa shape index (κ1) is 23.0. The second kappa shape index (κ2) is 6.28. The number of ketones is 1. The van der Waals surface area contributed by atoms with E-state index in [0.29, 0.717) is 29.0 Å². The van der Waals surface area contributed by atoms with E-state index in [1.807, 2.05) is 0 Å². The summed E-state index contributed by atoms with van der Waals surface area (Å²) in [5, 5.41) is 11.8. The Bertz CT molecular complexity index is 891. The van der Waals surface area contributed by atoms with Crippen LogP contribution in [-0.2, 0) is 9.53 Å². The van der Waals surface area contributed by atoms with Crippen molar-refractivity contribution in [3.63, 3.8) is 0 Å². The SMILES string of the molecule is CC1(C)CCC23COC4(CCC5C6(C)CCC(=O)C(C)(C)C6CCC5(C)C4(C)CC2O)C3C1. The van der Waals surface area contributed by atoms with E-state index in [2.05, 4.69) is 48.5 Å². The number of carbonyl (C=O) groups excluding carboxylic acids is 1. The van der Waals surface area contributed by atoms with Crippen LogP contribution in [0.3, 0.4) is 0 Å². The van der Waals surface area contributed by atoms with Gasteiger partial charge in [-0.25, -0.2) is 0 Å². The molecular weight excluding hydrogens is 408 g/mol. The highest BCUT2D eigenvalue weighted by Gasteiger charge is 2.79. The first-order valence-corrected chi connectivity index (χ1v) is 14.0. The van der Waals surface area contributed by atoms with Crippen LogP contribution >= 0.6 is 0 Å². The van der Waals surface area contributed by atoms with E-state index < -0.39 is 0 Å². The van der Waals surface area contributed by atoms with Crippen molar-refractivity contribution in [2.24, 2.45) is 50.2 Å². The largest absolute Gasteiger partial charge is 0.392 e. The van der Waals surface area contributed by atoms with Crippen LogP contribution < -0.4 is 0 Å². The van der Waals surface area contributed by atoms with Crippen molar-refractivity contribution < 1.29 is 14.6 Å². The van der Waals surface area contributed by atoms with Gasteiger partial charge in [0.1, 0.15) is 5.78 Å². The lowest BCUT2D eigenvalue weighted by Crippen LogP contribution is -2.73. The molecule has 1 N–H and O–H groups in total. The fraction of sp³-hybridized carbons (Fsp3) is 0.967. The molecule has 1 heterocycles. The molecule has 0 aromatic rings. The zero-order valence-electron chi connectivity index (χ0n) is 22.4. The summed E-state index contributed by atoms with van der Waals surface area (Å²) < 4.78 is 7.10. The number of Topliss-reactive ketones (excluding diaryl/α,β-unsaturated/α-hetero) is 1. The highest BCUT2D eigenvalue weighted by molar-refractivity contribution is 5.85.